The molecule has 0 amide bonds. The molecule has 0 saturated carbocycles. The van der Waals surface area contributed by atoms with Crippen molar-refractivity contribution in [1.29, 1.82) is 0 Å². The Morgan fingerprint density at radius 1 is 1.12 bits per heavy atom. The van der Waals surface area contributed by atoms with Gasteiger partial charge in [-0.1, -0.05) is 6.07 Å². The molecule has 17 heavy (non-hydrogen) atoms. The molecule has 0 bridgehead atoms. The minimum absolute atomic E-state index is 0. The van der Waals surface area contributed by atoms with Crippen LogP contribution < -0.4 is 35.2 Å². The number of nitrogens with zero attached hydrogens (tertiary/aromatic N) is 2. The Kier molecular flexibility index (Phi) is 6.48. The lowest BCUT2D eigenvalue weighted by Crippen LogP contribution is -3.00. The molecule has 1 aromatic rings. The average molecular weight is 347 g/mol. The van der Waals surface area contributed by atoms with Crippen LogP contribution in [0.15, 0.2) is 17.1 Å². The van der Waals surface area contributed by atoms with Crippen LogP contribution in [-0.4, -0.2) is 25.0 Å². The van der Waals surface area contributed by atoms with E-state index >= 15 is 0 Å². The Hall–Kier alpha value is -0.820. The van der Waals surface area contributed by atoms with Crippen molar-refractivity contribution in [2.45, 2.75) is 20.8 Å². The van der Waals surface area contributed by atoms with Gasteiger partial charge in [0.2, 0.25) is 5.96 Å². The summed E-state index contributed by atoms with van der Waals surface area (Å²) in [4.78, 5) is 6.33. The lowest BCUT2D eigenvalue weighted by Gasteiger charge is -2.15. The molecule has 96 valence electrons. The number of guanidine groups is 1. The van der Waals surface area contributed by atoms with Gasteiger partial charge in [0.25, 0.3) is 0 Å². The van der Waals surface area contributed by atoms with Crippen molar-refractivity contribution in [1.82, 2.24) is 10.3 Å². The van der Waals surface area contributed by atoms with Gasteiger partial charge in [-0.2, -0.15) is 0 Å². The summed E-state index contributed by atoms with van der Waals surface area (Å²) in [6.45, 7) is 6.23. The van der Waals surface area contributed by atoms with Crippen LogP contribution >= 0.6 is 0 Å². The number of rotatable bonds is 1. The van der Waals surface area contributed by atoms with E-state index in [2.05, 4.69) is 43.3 Å². The van der Waals surface area contributed by atoms with Gasteiger partial charge in [-0.15, -0.1) is 0 Å². The fourth-order valence-electron chi connectivity index (χ4n) is 1.44. The SMILES string of the molecule is Cc1cc(C)c(N=C(NN)N(C)C)cc1C.[I-]. The molecule has 0 fully saturated rings. The first kappa shape index (κ1) is 16.2. The van der Waals surface area contributed by atoms with E-state index in [0.29, 0.717) is 5.96 Å². The molecule has 0 saturated heterocycles. The number of hydrazine groups is 1. The molecule has 0 spiro atoms. The molecule has 3 N–H and O–H groups in total. The highest BCUT2D eigenvalue weighted by Gasteiger charge is 2.04. The number of hydrogen-bond donors (Lipinski definition) is 2. The van der Waals surface area contributed by atoms with E-state index in [0.717, 1.165) is 11.3 Å². The van der Waals surface area contributed by atoms with Crippen LogP contribution in [0.1, 0.15) is 16.7 Å². The van der Waals surface area contributed by atoms with Crippen LogP contribution in [0, 0.1) is 20.8 Å². The van der Waals surface area contributed by atoms with Crippen LogP contribution in [0.25, 0.3) is 0 Å². The van der Waals surface area contributed by atoms with Gasteiger partial charge in [0.1, 0.15) is 0 Å². The summed E-state index contributed by atoms with van der Waals surface area (Å²) < 4.78 is 0. The van der Waals surface area contributed by atoms with Crippen molar-refractivity contribution in [2.24, 2.45) is 10.8 Å². The maximum atomic E-state index is 5.42. The van der Waals surface area contributed by atoms with Crippen molar-refractivity contribution in [3.63, 3.8) is 0 Å². The molecule has 4 nitrogen and oxygen atoms in total. The van der Waals surface area contributed by atoms with E-state index in [-0.39, 0.29) is 24.0 Å². The molecular weight excluding hydrogens is 327 g/mol. The maximum absolute atomic E-state index is 5.42. The number of hydrogen-bond acceptors (Lipinski definition) is 2. The van der Waals surface area contributed by atoms with Gasteiger partial charge < -0.3 is 28.9 Å². The molecule has 0 unspecified atom stereocenters. The number of aryl methyl sites for hydroxylation is 3. The predicted molar refractivity (Wildman–Crippen MR) is 68.8 cm³/mol. The lowest BCUT2D eigenvalue weighted by molar-refractivity contribution is -0.00000377. The molecule has 0 atom stereocenters. The summed E-state index contributed by atoms with van der Waals surface area (Å²) in [6, 6.07) is 4.21. The van der Waals surface area contributed by atoms with Gasteiger partial charge in [-0.25, -0.2) is 10.8 Å². The number of halogens is 1. The van der Waals surface area contributed by atoms with Crippen LogP contribution in [0.4, 0.5) is 5.69 Å². The largest absolute Gasteiger partial charge is 1.00 e. The summed E-state index contributed by atoms with van der Waals surface area (Å²) in [5, 5.41) is 0. The first-order chi connectivity index (χ1) is 7.45. The molecule has 5 heteroatoms. The fraction of sp³-hybridized carbons (Fsp3) is 0.417. The molecule has 0 aliphatic rings. The van der Waals surface area contributed by atoms with Crippen molar-refractivity contribution >= 4 is 11.6 Å². The zero-order valence-electron chi connectivity index (χ0n) is 11.0. The Morgan fingerprint density at radius 3 is 2.12 bits per heavy atom. The standard InChI is InChI=1S/C12H20N4.HI/c1-8-6-10(3)11(7-9(8)2)14-12(15-13)16(4)5;/h6-7H,13H2,1-5H3,(H,14,15);1H/p-1. The third kappa shape index (κ3) is 4.16. The third-order valence-electron chi connectivity index (χ3n) is 2.59. The van der Waals surface area contributed by atoms with Crippen LogP contribution in [-0.2, 0) is 0 Å². The van der Waals surface area contributed by atoms with E-state index in [1.165, 1.54) is 11.1 Å². The van der Waals surface area contributed by atoms with Crippen molar-refractivity contribution < 1.29 is 24.0 Å². The zero-order chi connectivity index (χ0) is 12.3. The summed E-state index contributed by atoms with van der Waals surface area (Å²) in [5.74, 6) is 6.06. The summed E-state index contributed by atoms with van der Waals surface area (Å²) in [6.07, 6.45) is 0. The molecule has 0 heterocycles. The maximum Gasteiger partial charge on any atom is 0.213 e. The second-order valence-electron chi connectivity index (χ2n) is 4.20. The molecule has 1 rings (SSSR count). The normalized spacial score (nSPS) is 10.8. The molecule has 0 aliphatic carbocycles. The number of nitrogens with two attached hydrogens (primary N) is 1. The zero-order valence-corrected chi connectivity index (χ0v) is 13.2. The first-order valence-electron chi connectivity index (χ1n) is 5.26. The number of benzene rings is 1. The van der Waals surface area contributed by atoms with E-state index in [1.54, 1.807) is 0 Å². The Morgan fingerprint density at radius 2 is 1.65 bits per heavy atom. The fourth-order valence-corrected chi connectivity index (χ4v) is 1.44. The molecule has 0 aromatic heterocycles. The molecular formula is C12H20IN4-. The Labute approximate surface area is 120 Å². The summed E-state index contributed by atoms with van der Waals surface area (Å²) in [7, 11) is 3.80. The van der Waals surface area contributed by atoms with E-state index in [4.69, 9.17) is 5.84 Å². The Bertz CT molecular complexity index is 413. The highest BCUT2D eigenvalue weighted by atomic mass is 127. The van der Waals surface area contributed by atoms with Crippen molar-refractivity contribution in [3.05, 3.63) is 28.8 Å². The molecule has 0 aliphatic heterocycles. The monoisotopic (exact) mass is 347 g/mol. The minimum atomic E-state index is 0. The second-order valence-corrected chi connectivity index (χ2v) is 4.20. The number of nitrogens with one attached hydrogen (secondary N) is 1. The van der Waals surface area contributed by atoms with Gasteiger partial charge in [-0.05, 0) is 43.5 Å². The molecule has 1 aromatic carbocycles. The molecule has 0 radical (unpaired) electrons. The minimum Gasteiger partial charge on any atom is -1.00 e. The van der Waals surface area contributed by atoms with Gasteiger partial charge in [0.15, 0.2) is 0 Å². The van der Waals surface area contributed by atoms with Crippen LogP contribution in [0.5, 0.6) is 0 Å². The third-order valence-corrected chi connectivity index (χ3v) is 2.59. The summed E-state index contributed by atoms with van der Waals surface area (Å²) >= 11 is 0. The van der Waals surface area contributed by atoms with E-state index < -0.39 is 0 Å². The van der Waals surface area contributed by atoms with Gasteiger partial charge in [0.05, 0.1) is 5.69 Å². The van der Waals surface area contributed by atoms with Crippen molar-refractivity contribution in [3.8, 4) is 0 Å². The Balaban J connectivity index is 0.00000256. The topological polar surface area (TPSA) is 53.6 Å². The second kappa shape index (κ2) is 6.80. The van der Waals surface area contributed by atoms with Gasteiger partial charge >= 0.3 is 0 Å². The predicted octanol–water partition coefficient (Wildman–Crippen LogP) is -1.37. The van der Waals surface area contributed by atoms with E-state index in [9.17, 15) is 0 Å². The first-order valence-corrected chi connectivity index (χ1v) is 5.26. The average Bonchev–Trinajstić information content (AvgIpc) is 2.21. The smallest absolute Gasteiger partial charge is 0.213 e. The highest BCUT2D eigenvalue weighted by Crippen LogP contribution is 2.22. The van der Waals surface area contributed by atoms with Crippen LogP contribution in [0.3, 0.4) is 0 Å². The van der Waals surface area contributed by atoms with E-state index in [1.807, 2.05) is 19.0 Å². The van der Waals surface area contributed by atoms with Gasteiger partial charge in [-0.3, -0.25) is 5.43 Å². The van der Waals surface area contributed by atoms with Crippen molar-refractivity contribution in [2.75, 3.05) is 14.1 Å². The lowest BCUT2D eigenvalue weighted by atomic mass is 10.1. The quantitative estimate of drug-likeness (QED) is 0.217. The number of aliphatic imine (C=N–C) groups is 1. The highest BCUT2D eigenvalue weighted by molar-refractivity contribution is 5.82. The summed E-state index contributed by atoms with van der Waals surface area (Å²) in [5.41, 5.74) is 7.20. The van der Waals surface area contributed by atoms with Crippen LogP contribution in [0.2, 0.25) is 0 Å². The van der Waals surface area contributed by atoms with Gasteiger partial charge in [0, 0.05) is 14.1 Å².